The topological polar surface area (TPSA) is 9.23 Å². The molecule has 1 heterocycles. The Hall–Kier alpha value is -8.59. The highest BCUT2D eigenvalue weighted by Crippen LogP contribution is 2.37. The van der Waals surface area contributed by atoms with Crippen molar-refractivity contribution in [1.82, 2.24) is 0 Å². The standard InChI is InChI=1S/2C22H23S.C21H21S.C20H19S.C14H21OS/c1-22(2,3)18-14-16-21(17-15-18)23(19-10-6-4-7-11-19)20-12-8-5-9-13-20;1-2-3-10-19-15-17-22(18-16-19)23(20-11-6-4-7-12-20)21-13-8-5-9-14-21;1-2-9-18-14-16-21(17-15-18)22(19-10-5-3-6-11-19)20-12-7-4-8-13-20;1-2-17-13-15-20(16-14-17)21(18-9-5-3-6-10-18)19-11-7-4-8-12-19;1-11-9-13(10-12(2)14(11)15-3)16-7-5-4-6-8-16/h4-17H,1-3H3;4-9,11-18H,2-3,10H2,1H3;3-8,10-17H,2,9H2,1H3;3-16H,2H2,1H3;9-10H,4-8H2,1-3H3/q5*+1. The molecule has 0 unspecified atom stereocenters. The fraction of sp³-hybridized carbons (Fsp3) is 0.212. The molecule has 1 aliphatic rings. The van der Waals surface area contributed by atoms with Crippen LogP contribution in [0, 0.1) is 13.8 Å². The van der Waals surface area contributed by atoms with E-state index in [2.05, 4.69) is 407 Å². The van der Waals surface area contributed by atoms with Gasteiger partial charge in [0, 0.05) is 10.9 Å². The number of unbranched alkanes of at least 4 members (excludes halogenated alkanes) is 1. The average molecular weight is 1470 g/mol. The van der Waals surface area contributed by atoms with E-state index in [1.54, 1.807) is 12.0 Å². The van der Waals surface area contributed by atoms with Crippen LogP contribution < -0.4 is 4.74 Å². The van der Waals surface area contributed by atoms with Crippen LogP contribution in [-0.4, -0.2) is 18.6 Å². The molecule has 0 atom stereocenters. The van der Waals surface area contributed by atoms with E-state index in [-0.39, 0.29) is 49.0 Å². The van der Waals surface area contributed by atoms with E-state index in [0.717, 1.165) is 18.6 Å². The molecule has 0 spiro atoms. The Morgan fingerprint density at radius 1 is 0.305 bits per heavy atom. The monoisotopic (exact) mass is 1470 g/mol. The molecule has 0 aromatic heterocycles. The van der Waals surface area contributed by atoms with Gasteiger partial charge in [0.05, 0.1) is 50.7 Å². The first-order chi connectivity index (χ1) is 51.4. The van der Waals surface area contributed by atoms with E-state index in [0.29, 0.717) is 10.9 Å². The first-order valence-corrected chi connectivity index (χ1v) is 44.0. The molecule has 0 saturated carbocycles. The van der Waals surface area contributed by atoms with Gasteiger partial charge in [0.25, 0.3) is 0 Å². The lowest BCUT2D eigenvalue weighted by Gasteiger charge is -2.19. The lowest BCUT2D eigenvalue weighted by molar-refractivity contribution is 0.408. The van der Waals surface area contributed by atoms with Gasteiger partial charge in [-0.25, -0.2) is 0 Å². The largest absolute Gasteiger partial charge is 0.496 e. The summed E-state index contributed by atoms with van der Waals surface area (Å²) in [6.07, 6.45) is 11.4. The molecular weight excluding hydrogens is 1370 g/mol. The van der Waals surface area contributed by atoms with Crippen molar-refractivity contribution in [1.29, 1.82) is 0 Å². The van der Waals surface area contributed by atoms with E-state index in [1.165, 1.54) is 149 Å². The van der Waals surface area contributed by atoms with Crippen molar-refractivity contribution in [3.05, 3.63) is 385 Å². The van der Waals surface area contributed by atoms with Crippen molar-refractivity contribution >= 4 is 54.5 Å². The minimum atomic E-state index is -0.0497. The molecule has 534 valence electrons. The molecule has 1 fully saturated rings. The second kappa shape index (κ2) is 41.9. The lowest BCUT2D eigenvalue weighted by Crippen LogP contribution is -2.18. The van der Waals surface area contributed by atoms with Crippen LogP contribution in [0.5, 0.6) is 5.75 Å². The second-order valence-electron chi connectivity index (χ2n) is 27.2. The third-order valence-electron chi connectivity index (χ3n) is 18.3. The minimum absolute atomic E-state index is 0.0249. The molecule has 13 aromatic rings. The Labute approximate surface area is 645 Å². The van der Waals surface area contributed by atoms with Crippen LogP contribution in [0.4, 0.5) is 0 Å². The van der Waals surface area contributed by atoms with E-state index < -0.39 is 0 Å². The zero-order valence-corrected chi connectivity index (χ0v) is 67.3. The molecular formula is C99H107OS5+5. The van der Waals surface area contributed by atoms with E-state index >= 15 is 0 Å². The molecule has 0 aliphatic carbocycles. The van der Waals surface area contributed by atoms with Crippen molar-refractivity contribution in [2.75, 3.05) is 18.6 Å². The quantitative estimate of drug-likeness (QED) is 0.0691. The van der Waals surface area contributed by atoms with Gasteiger partial charge in [-0.05, 0) is 255 Å². The summed E-state index contributed by atoms with van der Waals surface area (Å²) >= 11 is 0. The third kappa shape index (κ3) is 23.5. The smallest absolute Gasteiger partial charge is 0.166 e. The van der Waals surface area contributed by atoms with Crippen LogP contribution in [0.1, 0.15) is 113 Å². The predicted octanol–water partition coefficient (Wildman–Crippen LogP) is 26.8. The molecule has 13 aromatic carbocycles. The number of benzene rings is 13. The molecule has 0 bridgehead atoms. The van der Waals surface area contributed by atoms with Gasteiger partial charge in [-0.15, -0.1) is 0 Å². The van der Waals surface area contributed by atoms with Crippen LogP contribution in [-0.2, 0) is 79.2 Å². The van der Waals surface area contributed by atoms with Crippen LogP contribution in [0.25, 0.3) is 0 Å². The normalized spacial score (nSPS) is 12.0. The summed E-state index contributed by atoms with van der Waals surface area (Å²) in [5, 5.41) is 0. The summed E-state index contributed by atoms with van der Waals surface area (Å²) in [6, 6.07) is 128. The van der Waals surface area contributed by atoms with Gasteiger partial charge in [0.15, 0.2) is 63.6 Å². The summed E-state index contributed by atoms with van der Waals surface area (Å²) in [5.74, 6) is 3.85. The van der Waals surface area contributed by atoms with Gasteiger partial charge >= 0.3 is 0 Å². The van der Waals surface area contributed by atoms with Crippen LogP contribution in [0.15, 0.2) is 415 Å². The first kappa shape index (κ1) is 79.0. The van der Waals surface area contributed by atoms with Gasteiger partial charge in [-0.2, -0.15) is 0 Å². The van der Waals surface area contributed by atoms with Crippen molar-refractivity contribution < 1.29 is 4.74 Å². The van der Waals surface area contributed by atoms with Gasteiger partial charge in [0.1, 0.15) is 17.3 Å². The molecule has 1 aliphatic heterocycles. The Balaban J connectivity index is 0.000000141. The summed E-state index contributed by atoms with van der Waals surface area (Å²) in [5.41, 5.74) is 8.41. The van der Waals surface area contributed by atoms with Gasteiger partial charge in [-0.1, -0.05) is 249 Å². The number of hydrogen-bond acceptors (Lipinski definition) is 1. The fourth-order valence-corrected chi connectivity index (χ4v) is 23.6. The maximum atomic E-state index is 5.42. The van der Waals surface area contributed by atoms with Gasteiger partial charge < -0.3 is 4.74 Å². The molecule has 0 radical (unpaired) electrons. The highest BCUT2D eigenvalue weighted by Gasteiger charge is 2.33. The first-order valence-electron chi connectivity index (χ1n) is 37.5. The molecule has 1 nitrogen and oxygen atoms in total. The van der Waals surface area contributed by atoms with Crippen molar-refractivity contribution in [2.45, 2.75) is 182 Å². The molecule has 105 heavy (non-hydrogen) atoms. The Bertz CT molecular complexity index is 4350. The summed E-state index contributed by atoms with van der Waals surface area (Å²) < 4.78 is 5.42. The molecule has 0 N–H and O–H groups in total. The van der Waals surface area contributed by atoms with E-state index in [1.807, 2.05) is 0 Å². The Morgan fingerprint density at radius 3 is 0.810 bits per heavy atom. The second-order valence-corrected chi connectivity index (χ2v) is 37.6. The van der Waals surface area contributed by atoms with Crippen molar-refractivity contribution in [3.8, 4) is 5.75 Å². The van der Waals surface area contributed by atoms with Crippen LogP contribution in [0.3, 0.4) is 0 Å². The molecule has 14 rings (SSSR count). The van der Waals surface area contributed by atoms with Gasteiger partial charge in [-0.3, -0.25) is 0 Å². The summed E-state index contributed by atoms with van der Waals surface area (Å²) in [4.78, 5) is 18.0. The zero-order valence-electron chi connectivity index (χ0n) is 63.2. The molecule has 1 saturated heterocycles. The van der Waals surface area contributed by atoms with Gasteiger partial charge in [0.2, 0.25) is 0 Å². The van der Waals surface area contributed by atoms with Crippen LogP contribution >= 0.6 is 0 Å². The number of aryl methyl sites for hydroxylation is 5. The fourth-order valence-electron chi connectivity index (χ4n) is 12.8. The van der Waals surface area contributed by atoms with Crippen molar-refractivity contribution in [2.24, 2.45) is 0 Å². The Morgan fingerprint density at radius 2 is 0.562 bits per heavy atom. The van der Waals surface area contributed by atoms with E-state index in [9.17, 15) is 0 Å². The maximum absolute atomic E-state index is 5.42. The zero-order chi connectivity index (χ0) is 73.4. The van der Waals surface area contributed by atoms with Crippen molar-refractivity contribution in [3.63, 3.8) is 0 Å². The van der Waals surface area contributed by atoms with Crippen LogP contribution in [0.2, 0.25) is 0 Å². The summed E-state index contributed by atoms with van der Waals surface area (Å²) in [6.45, 7) is 17.8. The lowest BCUT2D eigenvalue weighted by atomic mass is 9.87. The van der Waals surface area contributed by atoms with E-state index in [4.69, 9.17) is 4.74 Å². The number of rotatable bonds is 20. The number of ether oxygens (including phenoxy) is 1. The number of hydrogen-bond donors (Lipinski definition) is 0. The molecule has 0 amide bonds. The molecule has 6 heteroatoms. The SMILES string of the molecule is CC(C)(C)c1ccc([S+](c2ccccc2)c2ccccc2)cc1.CCCCc1ccc([S+](c2ccccc2)c2ccccc2)cc1.CCCc1ccc([S+](c2ccccc2)c2ccccc2)cc1.CCc1ccc([S+](c2ccccc2)c2ccccc2)cc1.COc1c(C)cc([S+]2CCCCC2)cc1C. The highest BCUT2D eigenvalue weighted by atomic mass is 32.2. The minimum Gasteiger partial charge on any atom is -0.496 e. The summed E-state index contributed by atoms with van der Waals surface area (Å²) in [7, 11) is 2.14. The third-order valence-corrected chi connectivity index (χ3v) is 29.7. The average Bonchev–Trinajstić information content (AvgIpc) is 0.829. The highest BCUT2D eigenvalue weighted by molar-refractivity contribution is 7.98. The number of methoxy groups -OCH3 is 1. The predicted molar refractivity (Wildman–Crippen MR) is 458 cm³/mol. The maximum Gasteiger partial charge on any atom is 0.166 e. The Kier molecular flexibility index (Phi) is 31.5.